The lowest BCUT2D eigenvalue weighted by Gasteiger charge is -2.21. The molecule has 0 aromatic heterocycles. The predicted molar refractivity (Wildman–Crippen MR) is 36.6 cm³/mol. The lowest BCUT2D eigenvalue weighted by Crippen LogP contribution is -2.37. The van der Waals surface area contributed by atoms with Crippen molar-refractivity contribution < 1.29 is 0 Å². The van der Waals surface area contributed by atoms with Crippen LogP contribution in [-0.2, 0) is 0 Å². The lowest BCUT2D eigenvalue weighted by molar-refractivity contribution is 0.190. The number of hydrogen-bond acceptors (Lipinski definition) is 2. The Morgan fingerprint density at radius 1 is 1.62 bits per heavy atom. The third-order valence-electron chi connectivity index (χ3n) is 1.60. The van der Waals surface area contributed by atoms with Crippen LogP contribution in [0.3, 0.4) is 0 Å². The summed E-state index contributed by atoms with van der Waals surface area (Å²) in [5.74, 6) is 0. The highest BCUT2D eigenvalue weighted by atomic mass is 15.5. The summed E-state index contributed by atoms with van der Waals surface area (Å²) in [4.78, 5) is 0. The van der Waals surface area contributed by atoms with Crippen LogP contribution in [0.25, 0.3) is 0 Å². The second kappa shape index (κ2) is 3.87. The molecule has 0 amide bonds. The first kappa shape index (κ1) is 7.92. The molecule has 2 nitrogen and oxygen atoms in total. The second-order valence-corrected chi connectivity index (χ2v) is 2.09. The molecule has 0 fully saturated rings. The van der Waals surface area contributed by atoms with Crippen molar-refractivity contribution in [3.05, 3.63) is 0 Å². The molecule has 0 spiro atoms. The Morgan fingerprint density at radius 3 is 2.25 bits per heavy atom. The molecule has 0 aromatic carbocycles. The minimum absolute atomic E-state index is 0.639. The van der Waals surface area contributed by atoms with E-state index in [0.717, 1.165) is 0 Å². The van der Waals surface area contributed by atoms with E-state index in [-0.39, 0.29) is 0 Å². The fourth-order valence-electron chi connectivity index (χ4n) is 0.494. The van der Waals surface area contributed by atoms with Crippen LogP contribution in [0.5, 0.6) is 0 Å². The number of hydrazine groups is 1. The van der Waals surface area contributed by atoms with Crippen LogP contribution in [-0.4, -0.2) is 25.1 Å². The molecule has 0 aliphatic carbocycles. The molecule has 0 bridgehead atoms. The first-order valence-electron chi connectivity index (χ1n) is 3.12. The van der Waals surface area contributed by atoms with Gasteiger partial charge in [0.2, 0.25) is 0 Å². The maximum absolute atomic E-state index is 3.05. The van der Waals surface area contributed by atoms with E-state index in [1.165, 1.54) is 6.42 Å². The summed E-state index contributed by atoms with van der Waals surface area (Å²) in [5.41, 5.74) is 3.05. The molecule has 0 radical (unpaired) electrons. The fourth-order valence-corrected chi connectivity index (χ4v) is 0.494. The Morgan fingerprint density at radius 2 is 2.12 bits per heavy atom. The van der Waals surface area contributed by atoms with Crippen LogP contribution in [0.2, 0.25) is 0 Å². The van der Waals surface area contributed by atoms with Crippen LogP contribution in [0.15, 0.2) is 0 Å². The van der Waals surface area contributed by atoms with E-state index in [1.807, 2.05) is 14.1 Å². The van der Waals surface area contributed by atoms with Gasteiger partial charge in [-0.1, -0.05) is 6.92 Å². The van der Waals surface area contributed by atoms with E-state index in [0.29, 0.717) is 6.04 Å². The van der Waals surface area contributed by atoms with Crippen LogP contribution in [0, 0.1) is 0 Å². The zero-order valence-electron chi connectivity index (χ0n) is 6.23. The smallest absolute Gasteiger partial charge is 0.0209 e. The molecule has 8 heavy (non-hydrogen) atoms. The summed E-state index contributed by atoms with van der Waals surface area (Å²) in [6, 6.07) is 0.639. The summed E-state index contributed by atoms with van der Waals surface area (Å²) in [5, 5.41) is 2.10. The van der Waals surface area contributed by atoms with Gasteiger partial charge < -0.3 is 0 Å². The highest BCUT2D eigenvalue weighted by molar-refractivity contribution is 4.53. The van der Waals surface area contributed by atoms with Gasteiger partial charge in [0, 0.05) is 13.1 Å². The summed E-state index contributed by atoms with van der Waals surface area (Å²) < 4.78 is 0. The van der Waals surface area contributed by atoms with Crippen molar-refractivity contribution >= 4 is 0 Å². The average molecular weight is 116 g/mol. The van der Waals surface area contributed by atoms with Gasteiger partial charge in [-0.2, -0.15) is 0 Å². The highest BCUT2D eigenvalue weighted by Gasteiger charge is 2.00. The molecule has 0 aliphatic rings. The number of rotatable bonds is 3. The standard InChI is InChI=1S/C6H16N2/c1-5-6(2)8(4)7-3/h6-7H,5H2,1-4H3. The van der Waals surface area contributed by atoms with Gasteiger partial charge in [-0.15, -0.1) is 0 Å². The van der Waals surface area contributed by atoms with E-state index in [1.54, 1.807) is 0 Å². The average Bonchev–Trinajstić information content (AvgIpc) is 1.84. The number of nitrogens with one attached hydrogen (secondary N) is 1. The van der Waals surface area contributed by atoms with Crippen LogP contribution >= 0.6 is 0 Å². The van der Waals surface area contributed by atoms with Crippen molar-refractivity contribution in [3.8, 4) is 0 Å². The topological polar surface area (TPSA) is 15.3 Å². The van der Waals surface area contributed by atoms with E-state index in [4.69, 9.17) is 0 Å². The molecule has 1 unspecified atom stereocenters. The normalized spacial score (nSPS) is 14.6. The number of nitrogens with zero attached hydrogens (tertiary/aromatic N) is 1. The van der Waals surface area contributed by atoms with Crippen LogP contribution in [0.1, 0.15) is 20.3 Å². The van der Waals surface area contributed by atoms with Gasteiger partial charge in [0.25, 0.3) is 0 Å². The Balaban J connectivity index is 3.29. The molecule has 1 atom stereocenters. The molecular formula is C6H16N2. The zero-order chi connectivity index (χ0) is 6.57. The van der Waals surface area contributed by atoms with Crippen molar-refractivity contribution in [2.24, 2.45) is 0 Å². The third kappa shape index (κ3) is 2.28. The van der Waals surface area contributed by atoms with Crippen molar-refractivity contribution in [2.45, 2.75) is 26.3 Å². The summed E-state index contributed by atoms with van der Waals surface area (Å²) in [6.45, 7) is 4.37. The quantitative estimate of drug-likeness (QED) is 0.550. The van der Waals surface area contributed by atoms with Gasteiger partial charge in [-0.3, -0.25) is 5.43 Å². The molecule has 0 heterocycles. The minimum Gasteiger partial charge on any atom is -0.258 e. The highest BCUT2D eigenvalue weighted by Crippen LogP contribution is 1.93. The van der Waals surface area contributed by atoms with E-state index >= 15 is 0 Å². The lowest BCUT2D eigenvalue weighted by atomic mass is 10.3. The summed E-state index contributed by atoms with van der Waals surface area (Å²) in [7, 11) is 3.99. The Bertz CT molecular complexity index is 46.5. The van der Waals surface area contributed by atoms with Gasteiger partial charge in [0.15, 0.2) is 0 Å². The Kier molecular flexibility index (Phi) is 3.83. The largest absolute Gasteiger partial charge is 0.258 e. The fraction of sp³-hybridized carbons (Fsp3) is 1.00. The Labute approximate surface area is 51.8 Å². The van der Waals surface area contributed by atoms with Crippen molar-refractivity contribution in [3.63, 3.8) is 0 Å². The predicted octanol–water partition coefficient (Wildman–Crippen LogP) is 0.851. The third-order valence-corrected chi connectivity index (χ3v) is 1.60. The van der Waals surface area contributed by atoms with E-state index in [2.05, 4.69) is 24.3 Å². The number of hydrogen-bond donors (Lipinski definition) is 1. The molecule has 0 aromatic rings. The summed E-state index contributed by atoms with van der Waals surface area (Å²) in [6.07, 6.45) is 1.19. The summed E-state index contributed by atoms with van der Waals surface area (Å²) >= 11 is 0. The maximum atomic E-state index is 3.05. The maximum Gasteiger partial charge on any atom is 0.0209 e. The molecule has 0 saturated heterocycles. The van der Waals surface area contributed by atoms with Gasteiger partial charge in [-0.25, -0.2) is 5.01 Å². The zero-order valence-corrected chi connectivity index (χ0v) is 6.23. The molecule has 0 rings (SSSR count). The molecule has 2 heteroatoms. The Hall–Kier alpha value is -0.0800. The van der Waals surface area contributed by atoms with E-state index < -0.39 is 0 Å². The van der Waals surface area contributed by atoms with Crippen molar-refractivity contribution in [2.75, 3.05) is 14.1 Å². The van der Waals surface area contributed by atoms with Crippen molar-refractivity contribution in [1.29, 1.82) is 0 Å². The molecule has 0 aliphatic heterocycles. The van der Waals surface area contributed by atoms with Gasteiger partial charge in [-0.05, 0) is 20.4 Å². The molecule has 1 N–H and O–H groups in total. The first-order valence-corrected chi connectivity index (χ1v) is 3.12. The minimum atomic E-state index is 0.639. The monoisotopic (exact) mass is 116 g/mol. The van der Waals surface area contributed by atoms with Gasteiger partial charge in [0.1, 0.15) is 0 Å². The first-order chi connectivity index (χ1) is 3.72. The van der Waals surface area contributed by atoms with Crippen LogP contribution < -0.4 is 5.43 Å². The second-order valence-electron chi connectivity index (χ2n) is 2.09. The SMILES string of the molecule is CCC(C)N(C)NC. The molecular weight excluding hydrogens is 100 g/mol. The molecule has 0 saturated carbocycles. The van der Waals surface area contributed by atoms with Gasteiger partial charge >= 0.3 is 0 Å². The van der Waals surface area contributed by atoms with Crippen LogP contribution in [0.4, 0.5) is 0 Å². The van der Waals surface area contributed by atoms with Crippen molar-refractivity contribution in [1.82, 2.24) is 10.4 Å². The molecule has 50 valence electrons. The van der Waals surface area contributed by atoms with E-state index in [9.17, 15) is 0 Å². The van der Waals surface area contributed by atoms with Gasteiger partial charge in [0.05, 0.1) is 0 Å².